The van der Waals surface area contributed by atoms with Crippen molar-refractivity contribution >= 4 is 23.7 Å². The van der Waals surface area contributed by atoms with Crippen LogP contribution >= 0.6 is 11.6 Å². The van der Waals surface area contributed by atoms with E-state index in [1.165, 1.54) is 6.21 Å². The van der Waals surface area contributed by atoms with Gasteiger partial charge in [0.2, 0.25) is 6.79 Å². The van der Waals surface area contributed by atoms with Crippen molar-refractivity contribution in [1.29, 1.82) is 0 Å². The number of hydrogen-bond donors (Lipinski definition) is 2. The lowest BCUT2D eigenvalue weighted by Gasteiger charge is -2.08. The monoisotopic (exact) mass is 332 g/mol. The molecule has 0 radical (unpaired) electrons. The van der Waals surface area contributed by atoms with Gasteiger partial charge in [-0.25, -0.2) is 5.43 Å². The van der Waals surface area contributed by atoms with E-state index in [1.54, 1.807) is 42.5 Å². The fourth-order valence-electron chi connectivity index (χ4n) is 2.05. The Balaban J connectivity index is 1.66. The molecule has 0 aliphatic carbocycles. The number of nitrogens with zero attached hydrogens (tertiary/aromatic N) is 1. The average molecular weight is 333 g/mol. The molecular weight excluding hydrogens is 320 g/mol. The number of carbonyl (C=O) groups excluding carboxylic acids is 1. The minimum Gasteiger partial charge on any atom is -0.454 e. The minimum absolute atomic E-state index is 0.145. The van der Waals surface area contributed by atoms with Crippen LogP contribution in [0.25, 0.3) is 0 Å². The van der Waals surface area contributed by atoms with E-state index in [2.05, 4.69) is 10.5 Å². The first-order valence-electron chi connectivity index (χ1n) is 6.80. The molecule has 1 heterocycles. The molecule has 1 unspecified atom stereocenters. The van der Waals surface area contributed by atoms with Gasteiger partial charge in [0, 0.05) is 11.6 Å². The van der Waals surface area contributed by atoms with Crippen molar-refractivity contribution in [2.24, 2.45) is 5.10 Å². The normalized spacial score (nSPS) is 14.0. The summed E-state index contributed by atoms with van der Waals surface area (Å²) in [4.78, 5) is 11.9. The highest BCUT2D eigenvalue weighted by Gasteiger charge is 2.17. The van der Waals surface area contributed by atoms with E-state index in [1.807, 2.05) is 0 Å². The van der Waals surface area contributed by atoms with Crippen LogP contribution in [-0.4, -0.2) is 24.0 Å². The molecule has 1 atom stereocenters. The van der Waals surface area contributed by atoms with Gasteiger partial charge in [-0.3, -0.25) is 4.79 Å². The number of halogens is 1. The Labute approximate surface area is 137 Å². The van der Waals surface area contributed by atoms with Crippen molar-refractivity contribution in [3.63, 3.8) is 0 Å². The quantitative estimate of drug-likeness (QED) is 0.665. The first kappa shape index (κ1) is 15.3. The molecule has 1 amide bonds. The summed E-state index contributed by atoms with van der Waals surface area (Å²) in [6.07, 6.45) is 0.0838. The second-order valence-corrected chi connectivity index (χ2v) is 5.18. The number of fused-ring (bicyclic) bond motifs is 1. The number of amides is 1. The van der Waals surface area contributed by atoms with Crippen molar-refractivity contribution in [1.82, 2.24) is 5.43 Å². The molecule has 0 saturated heterocycles. The molecule has 2 aromatic rings. The predicted molar refractivity (Wildman–Crippen MR) is 84.7 cm³/mol. The van der Waals surface area contributed by atoms with Crippen molar-refractivity contribution in [2.45, 2.75) is 6.10 Å². The Kier molecular flexibility index (Phi) is 4.45. The zero-order chi connectivity index (χ0) is 16.2. The lowest BCUT2D eigenvalue weighted by Crippen LogP contribution is -2.25. The third-order valence-electron chi connectivity index (χ3n) is 3.23. The van der Waals surface area contributed by atoms with Crippen LogP contribution in [0.15, 0.2) is 47.6 Å². The highest BCUT2D eigenvalue weighted by molar-refractivity contribution is 6.33. The summed E-state index contributed by atoms with van der Waals surface area (Å²) < 4.78 is 10.5. The van der Waals surface area contributed by atoms with Gasteiger partial charge >= 0.3 is 0 Å². The number of benzene rings is 2. The van der Waals surface area contributed by atoms with E-state index in [0.29, 0.717) is 27.6 Å². The van der Waals surface area contributed by atoms with Gasteiger partial charge in [-0.1, -0.05) is 41.9 Å². The van der Waals surface area contributed by atoms with Gasteiger partial charge in [0.25, 0.3) is 5.91 Å². The molecule has 2 aromatic carbocycles. The van der Waals surface area contributed by atoms with Crippen molar-refractivity contribution in [3.05, 3.63) is 58.6 Å². The van der Waals surface area contributed by atoms with Crippen LogP contribution in [0.2, 0.25) is 5.02 Å². The van der Waals surface area contributed by atoms with Crippen LogP contribution < -0.4 is 14.9 Å². The fourth-order valence-corrected chi connectivity index (χ4v) is 2.25. The van der Waals surface area contributed by atoms with E-state index < -0.39 is 12.0 Å². The highest BCUT2D eigenvalue weighted by Crippen LogP contribution is 2.36. The second kappa shape index (κ2) is 6.68. The summed E-state index contributed by atoms with van der Waals surface area (Å²) in [5.74, 6) is 0.492. The van der Waals surface area contributed by atoms with Crippen LogP contribution in [0.1, 0.15) is 17.2 Å². The molecule has 0 spiro atoms. The Hall–Kier alpha value is -2.57. The van der Waals surface area contributed by atoms with Crippen LogP contribution in [0.5, 0.6) is 11.5 Å². The average Bonchev–Trinajstić information content (AvgIpc) is 3.02. The van der Waals surface area contributed by atoms with Crippen molar-refractivity contribution in [2.75, 3.05) is 6.79 Å². The van der Waals surface area contributed by atoms with Crippen molar-refractivity contribution in [3.8, 4) is 11.5 Å². The molecule has 3 rings (SSSR count). The molecule has 6 nitrogen and oxygen atoms in total. The number of aliphatic hydroxyl groups excluding tert-OH is 1. The maximum Gasteiger partial charge on any atom is 0.273 e. The van der Waals surface area contributed by atoms with Gasteiger partial charge in [-0.2, -0.15) is 5.10 Å². The molecule has 2 N–H and O–H groups in total. The van der Waals surface area contributed by atoms with Gasteiger partial charge in [0.1, 0.15) is 0 Å². The van der Waals surface area contributed by atoms with Crippen molar-refractivity contribution < 1.29 is 19.4 Å². The number of carbonyl (C=O) groups is 1. The largest absolute Gasteiger partial charge is 0.454 e. The van der Waals surface area contributed by atoms with Crippen LogP contribution in [0.3, 0.4) is 0 Å². The summed E-state index contributed by atoms with van der Waals surface area (Å²) in [5.41, 5.74) is 3.32. The van der Waals surface area contributed by atoms with Gasteiger partial charge < -0.3 is 14.6 Å². The molecule has 0 saturated carbocycles. The fraction of sp³-hybridized carbons (Fsp3) is 0.125. The summed E-state index contributed by atoms with van der Waals surface area (Å²) in [6.45, 7) is 0.145. The smallest absolute Gasteiger partial charge is 0.273 e. The van der Waals surface area contributed by atoms with Gasteiger partial charge in [0.05, 0.1) is 11.2 Å². The molecule has 1 aliphatic heterocycles. The molecule has 1 aliphatic rings. The Bertz CT molecular complexity index is 749. The number of hydrazone groups is 1. The molecular formula is C16H13ClN2O4. The third kappa shape index (κ3) is 3.44. The van der Waals surface area contributed by atoms with E-state index in [0.717, 1.165) is 0 Å². The predicted octanol–water partition coefficient (Wildman–Crippen LogP) is 2.25. The maximum absolute atomic E-state index is 11.9. The zero-order valence-corrected chi connectivity index (χ0v) is 12.7. The van der Waals surface area contributed by atoms with Gasteiger partial charge in [0.15, 0.2) is 17.6 Å². The number of rotatable bonds is 4. The topological polar surface area (TPSA) is 80.2 Å². The number of ether oxygens (including phenoxy) is 2. The number of aliphatic hydroxyl groups is 1. The van der Waals surface area contributed by atoms with E-state index in [-0.39, 0.29) is 6.79 Å². The maximum atomic E-state index is 11.9. The van der Waals surface area contributed by atoms with Gasteiger partial charge in [-0.05, 0) is 11.6 Å². The van der Waals surface area contributed by atoms with Gasteiger partial charge in [-0.15, -0.1) is 0 Å². The molecule has 0 bridgehead atoms. The standard InChI is InChI=1S/C16H13ClN2O4/c17-12-7-14-13(22-9-23-14)6-11(12)8-18-19-16(21)15(20)10-4-2-1-3-5-10/h1-8,15,20H,9H2,(H,19,21)/b18-8-. The van der Waals surface area contributed by atoms with Crippen LogP contribution in [0.4, 0.5) is 0 Å². The highest BCUT2D eigenvalue weighted by atomic mass is 35.5. The van der Waals surface area contributed by atoms with E-state index in [9.17, 15) is 9.90 Å². The van der Waals surface area contributed by atoms with Crippen LogP contribution in [-0.2, 0) is 4.79 Å². The second-order valence-electron chi connectivity index (χ2n) is 4.77. The summed E-state index contributed by atoms with van der Waals surface area (Å²) in [5, 5.41) is 14.1. The molecule has 0 fully saturated rings. The molecule has 0 aromatic heterocycles. The third-order valence-corrected chi connectivity index (χ3v) is 3.56. The lowest BCUT2D eigenvalue weighted by atomic mass is 10.1. The number of nitrogens with one attached hydrogen (secondary N) is 1. The van der Waals surface area contributed by atoms with Crippen LogP contribution in [0, 0.1) is 0 Å². The minimum atomic E-state index is -1.29. The summed E-state index contributed by atoms with van der Waals surface area (Å²) >= 11 is 6.09. The first-order valence-corrected chi connectivity index (χ1v) is 7.18. The zero-order valence-electron chi connectivity index (χ0n) is 11.9. The summed E-state index contributed by atoms with van der Waals surface area (Å²) in [7, 11) is 0. The first-order chi connectivity index (χ1) is 11.1. The summed E-state index contributed by atoms with van der Waals surface area (Å²) in [6, 6.07) is 11.9. The molecule has 118 valence electrons. The Morgan fingerprint density at radius 2 is 1.96 bits per heavy atom. The molecule has 23 heavy (non-hydrogen) atoms. The Morgan fingerprint density at radius 3 is 2.70 bits per heavy atom. The Morgan fingerprint density at radius 1 is 1.26 bits per heavy atom. The van der Waals surface area contributed by atoms with E-state index in [4.69, 9.17) is 21.1 Å². The lowest BCUT2D eigenvalue weighted by molar-refractivity contribution is -0.129. The number of hydrogen-bond acceptors (Lipinski definition) is 5. The SMILES string of the molecule is O=C(N/N=C\c1cc2c(cc1Cl)OCO2)C(O)c1ccccc1. The van der Waals surface area contributed by atoms with E-state index >= 15 is 0 Å². The molecule has 7 heteroatoms.